The molecule has 0 radical (unpaired) electrons. The summed E-state index contributed by atoms with van der Waals surface area (Å²) in [7, 11) is 0. The van der Waals surface area contributed by atoms with E-state index >= 15 is 0 Å². The van der Waals surface area contributed by atoms with Gasteiger partial charge in [-0.25, -0.2) is 0 Å². The summed E-state index contributed by atoms with van der Waals surface area (Å²) in [4.78, 5) is 13.3. The highest BCUT2D eigenvalue weighted by Crippen LogP contribution is 2.47. The van der Waals surface area contributed by atoms with Crippen LogP contribution in [-0.2, 0) is 4.79 Å². The normalized spacial score (nSPS) is 20.2. The van der Waals surface area contributed by atoms with Gasteiger partial charge >= 0.3 is 0 Å². The first-order chi connectivity index (χ1) is 9.75. The van der Waals surface area contributed by atoms with Crippen LogP contribution in [-0.4, -0.2) is 11.2 Å². The maximum Gasteiger partial charge on any atom is 0.253 e. The number of nitrogens with one attached hydrogen (secondary N) is 2. The number of hydrogen-bond donors (Lipinski definition) is 2. The van der Waals surface area contributed by atoms with Crippen LogP contribution >= 0.6 is 23.4 Å². The van der Waals surface area contributed by atoms with Crippen molar-refractivity contribution in [3.63, 3.8) is 0 Å². The van der Waals surface area contributed by atoms with Crippen molar-refractivity contribution in [3.8, 4) is 0 Å². The summed E-state index contributed by atoms with van der Waals surface area (Å²) in [5, 5.41) is -0.612. The van der Waals surface area contributed by atoms with Gasteiger partial charge in [-0.3, -0.25) is 15.6 Å². The number of hydrazine groups is 1. The minimum absolute atomic E-state index is 0.116. The minimum Gasteiger partial charge on any atom is -0.299 e. The summed E-state index contributed by atoms with van der Waals surface area (Å²) in [6, 6.07) is 17.4. The van der Waals surface area contributed by atoms with Crippen LogP contribution in [0.25, 0.3) is 0 Å². The molecule has 2 aromatic carbocycles. The topological polar surface area (TPSA) is 41.1 Å². The monoisotopic (exact) mass is 304 g/mol. The summed E-state index contributed by atoms with van der Waals surface area (Å²) >= 11 is 7.88. The van der Waals surface area contributed by atoms with Crippen LogP contribution in [0.15, 0.2) is 59.5 Å². The van der Waals surface area contributed by atoms with E-state index in [4.69, 9.17) is 11.6 Å². The summed E-state index contributed by atoms with van der Waals surface area (Å²) in [5.41, 5.74) is 7.48. The number of para-hydroxylation sites is 1. The van der Waals surface area contributed by atoms with Gasteiger partial charge in [0.1, 0.15) is 5.25 Å². The van der Waals surface area contributed by atoms with Gasteiger partial charge in [0.05, 0.1) is 11.1 Å². The van der Waals surface area contributed by atoms with Crippen LogP contribution < -0.4 is 10.9 Å². The number of carbonyl (C=O) groups is 1. The second-order valence-electron chi connectivity index (χ2n) is 4.46. The molecule has 2 aromatic rings. The van der Waals surface area contributed by atoms with Crippen LogP contribution in [0.1, 0.15) is 10.9 Å². The molecular formula is C15H13ClN2OS. The van der Waals surface area contributed by atoms with Crippen molar-refractivity contribution in [1.82, 2.24) is 5.43 Å². The molecule has 1 amide bonds. The molecule has 3 rings (SSSR count). The second kappa shape index (κ2) is 5.77. The van der Waals surface area contributed by atoms with Crippen LogP contribution in [0.2, 0.25) is 0 Å². The quantitative estimate of drug-likeness (QED) is 0.672. The van der Waals surface area contributed by atoms with E-state index in [9.17, 15) is 4.79 Å². The van der Waals surface area contributed by atoms with Gasteiger partial charge in [-0.2, -0.15) is 0 Å². The first-order valence-electron chi connectivity index (χ1n) is 6.26. The van der Waals surface area contributed by atoms with Gasteiger partial charge in [0.15, 0.2) is 0 Å². The highest BCUT2D eigenvalue weighted by molar-refractivity contribution is 8.01. The highest BCUT2D eigenvalue weighted by atomic mass is 35.5. The molecule has 2 unspecified atom stereocenters. The second-order valence-corrected chi connectivity index (χ2v) is 6.11. The Morgan fingerprint density at radius 3 is 2.50 bits per heavy atom. The Morgan fingerprint density at radius 2 is 1.75 bits per heavy atom. The fourth-order valence-corrected chi connectivity index (χ4v) is 3.81. The zero-order valence-electron chi connectivity index (χ0n) is 10.5. The van der Waals surface area contributed by atoms with E-state index in [0.717, 1.165) is 16.1 Å². The van der Waals surface area contributed by atoms with E-state index in [2.05, 4.69) is 10.9 Å². The largest absolute Gasteiger partial charge is 0.299 e. The van der Waals surface area contributed by atoms with Crippen molar-refractivity contribution in [2.75, 3.05) is 5.43 Å². The van der Waals surface area contributed by atoms with Crippen molar-refractivity contribution < 1.29 is 4.79 Å². The number of amides is 1. The molecule has 102 valence electrons. The van der Waals surface area contributed by atoms with Gasteiger partial charge in [0.25, 0.3) is 5.91 Å². The van der Waals surface area contributed by atoms with Gasteiger partial charge in [-0.1, -0.05) is 36.4 Å². The molecule has 0 aliphatic carbocycles. The van der Waals surface area contributed by atoms with E-state index in [-0.39, 0.29) is 16.5 Å². The number of fused-ring (bicyclic) bond motifs is 1. The van der Waals surface area contributed by atoms with Crippen molar-refractivity contribution in [3.05, 3.63) is 60.2 Å². The van der Waals surface area contributed by atoms with Gasteiger partial charge in [-0.15, -0.1) is 23.4 Å². The number of halogens is 1. The molecule has 0 spiro atoms. The summed E-state index contributed by atoms with van der Waals surface area (Å²) < 4.78 is 0. The zero-order valence-corrected chi connectivity index (χ0v) is 12.1. The zero-order chi connectivity index (χ0) is 13.9. The number of anilines is 1. The third-order valence-electron chi connectivity index (χ3n) is 3.10. The maximum atomic E-state index is 12.2. The molecule has 2 N–H and O–H groups in total. The molecular weight excluding hydrogens is 292 g/mol. The van der Waals surface area contributed by atoms with Crippen LogP contribution in [0.4, 0.5) is 5.69 Å². The average Bonchev–Trinajstić information content (AvgIpc) is 2.84. The molecule has 0 aromatic heterocycles. The van der Waals surface area contributed by atoms with Crippen molar-refractivity contribution in [1.29, 1.82) is 0 Å². The molecule has 1 aliphatic heterocycles. The standard InChI is InChI=1S/C15H13ClN2OS/c16-13-11-8-4-5-9-12(11)20-14(13)15(19)18-17-10-6-2-1-3-7-10/h1-9,13-14,17H,(H,18,19). The van der Waals surface area contributed by atoms with Crippen LogP contribution in [0.5, 0.6) is 0 Å². The average molecular weight is 305 g/mol. The Bertz CT molecular complexity index is 620. The van der Waals surface area contributed by atoms with E-state index in [1.165, 1.54) is 11.8 Å². The maximum absolute atomic E-state index is 12.2. The van der Waals surface area contributed by atoms with E-state index in [1.54, 1.807) is 0 Å². The van der Waals surface area contributed by atoms with Gasteiger partial charge in [0, 0.05) is 4.90 Å². The number of rotatable bonds is 3. The lowest BCUT2D eigenvalue weighted by molar-refractivity contribution is -0.120. The van der Waals surface area contributed by atoms with Gasteiger partial charge in [-0.05, 0) is 23.8 Å². The number of hydrogen-bond acceptors (Lipinski definition) is 3. The molecule has 0 fully saturated rings. The van der Waals surface area contributed by atoms with Crippen molar-refractivity contribution in [2.45, 2.75) is 15.5 Å². The predicted octanol–water partition coefficient (Wildman–Crippen LogP) is 3.58. The smallest absolute Gasteiger partial charge is 0.253 e. The fourth-order valence-electron chi connectivity index (χ4n) is 2.09. The third kappa shape index (κ3) is 2.62. The van der Waals surface area contributed by atoms with Crippen LogP contribution in [0, 0.1) is 0 Å². The molecule has 2 atom stereocenters. The Balaban J connectivity index is 1.65. The molecule has 0 saturated heterocycles. The Labute approximate surface area is 126 Å². The van der Waals surface area contributed by atoms with Crippen LogP contribution in [0.3, 0.4) is 0 Å². The van der Waals surface area contributed by atoms with E-state index < -0.39 is 0 Å². The third-order valence-corrected chi connectivity index (χ3v) is 5.10. The SMILES string of the molecule is O=C(NNc1ccccc1)C1Sc2ccccc2C1Cl. The summed E-state index contributed by atoms with van der Waals surface area (Å²) in [5.74, 6) is -0.116. The van der Waals surface area contributed by atoms with Crippen molar-refractivity contribution in [2.24, 2.45) is 0 Å². The molecule has 0 saturated carbocycles. The Kier molecular flexibility index (Phi) is 3.85. The molecule has 5 heteroatoms. The minimum atomic E-state index is -0.315. The first kappa shape index (κ1) is 13.3. The fraction of sp³-hybridized carbons (Fsp3) is 0.133. The summed E-state index contributed by atoms with van der Waals surface area (Å²) in [6.07, 6.45) is 0. The van der Waals surface area contributed by atoms with Crippen molar-refractivity contribution >= 4 is 35.0 Å². The first-order valence-corrected chi connectivity index (χ1v) is 7.58. The van der Waals surface area contributed by atoms with E-state index in [1.807, 2.05) is 54.6 Å². The molecule has 20 heavy (non-hydrogen) atoms. The molecule has 1 heterocycles. The molecule has 3 nitrogen and oxygen atoms in total. The Morgan fingerprint density at radius 1 is 1.05 bits per heavy atom. The predicted molar refractivity (Wildman–Crippen MR) is 82.9 cm³/mol. The number of alkyl halides is 1. The van der Waals surface area contributed by atoms with E-state index in [0.29, 0.717) is 0 Å². The number of carbonyl (C=O) groups excluding carboxylic acids is 1. The molecule has 1 aliphatic rings. The van der Waals surface area contributed by atoms with Gasteiger partial charge in [0.2, 0.25) is 0 Å². The lowest BCUT2D eigenvalue weighted by atomic mass is 10.1. The molecule has 0 bridgehead atoms. The highest BCUT2D eigenvalue weighted by Gasteiger charge is 2.36. The van der Waals surface area contributed by atoms with Gasteiger partial charge < -0.3 is 0 Å². The lowest BCUT2D eigenvalue weighted by Crippen LogP contribution is -2.37. The number of benzene rings is 2. The Hall–Kier alpha value is -1.65. The number of thioether (sulfide) groups is 1. The lowest BCUT2D eigenvalue weighted by Gasteiger charge is -2.14. The summed E-state index contributed by atoms with van der Waals surface area (Å²) in [6.45, 7) is 0.